The van der Waals surface area contributed by atoms with Gasteiger partial charge in [-0.2, -0.15) is 0 Å². The fourth-order valence-corrected chi connectivity index (χ4v) is 3.50. The lowest BCUT2D eigenvalue weighted by Crippen LogP contribution is -2.19. The Labute approximate surface area is 176 Å². The number of rotatable bonds is 6. The van der Waals surface area contributed by atoms with Gasteiger partial charge < -0.3 is 19.9 Å². The number of carbonyl (C=O) groups excluding carboxylic acids is 1. The lowest BCUT2D eigenvalue weighted by molar-refractivity contribution is -0.139. The minimum Gasteiger partial charge on any atom is -0.493 e. The third-order valence-corrected chi connectivity index (χ3v) is 5.27. The standard InChI is InChI=1S/C20H17ClN2O5S/c1-11-13(21)4-3-5-14(11)22-20-23-19(26)17(29-20)9-12-6-7-15(16(8-12)27-2)28-10-18(24)25/h3-9H,10H2,1-2H3,(H,24,25)(H,22,23,26). The highest BCUT2D eigenvalue weighted by molar-refractivity contribution is 8.18. The fraction of sp³-hybridized carbons (Fsp3) is 0.150. The molecule has 1 heterocycles. The van der Waals surface area contributed by atoms with Gasteiger partial charge in [-0.1, -0.05) is 23.7 Å². The van der Waals surface area contributed by atoms with E-state index in [2.05, 4.69) is 10.3 Å². The number of nitrogens with zero attached hydrogens (tertiary/aromatic N) is 1. The highest BCUT2D eigenvalue weighted by atomic mass is 35.5. The maximum absolute atomic E-state index is 12.3. The van der Waals surface area contributed by atoms with Crippen molar-refractivity contribution in [1.82, 2.24) is 5.32 Å². The van der Waals surface area contributed by atoms with E-state index in [1.807, 2.05) is 13.0 Å². The number of aliphatic imine (C=N–C) groups is 1. The molecule has 1 fully saturated rings. The third kappa shape index (κ3) is 5.10. The van der Waals surface area contributed by atoms with Gasteiger partial charge in [0.15, 0.2) is 23.3 Å². The summed E-state index contributed by atoms with van der Waals surface area (Å²) in [6.45, 7) is 1.39. The fourth-order valence-electron chi connectivity index (χ4n) is 2.49. The molecule has 2 N–H and O–H groups in total. The van der Waals surface area contributed by atoms with Crippen molar-refractivity contribution in [2.75, 3.05) is 13.7 Å². The molecule has 9 heteroatoms. The number of nitrogens with one attached hydrogen (secondary N) is 1. The lowest BCUT2D eigenvalue weighted by Gasteiger charge is -2.09. The number of amides is 1. The van der Waals surface area contributed by atoms with Crippen LogP contribution in [0.1, 0.15) is 11.1 Å². The molecule has 0 spiro atoms. The normalized spacial score (nSPS) is 16.2. The van der Waals surface area contributed by atoms with Gasteiger partial charge in [-0.05, 0) is 60.2 Å². The summed E-state index contributed by atoms with van der Waals surface area (Å²) in [5, 5.41) is 12.5. The molecule has 1 aliphatic heterocycles. The van der Waals surface area contributed by atoms with Crippen LogP contribution in [0.2, 0.25) is 5.02 Å². The summed E-state index contributed by atoms with van der Waals surface area (Å²) in [7, 11) is 1.45. The van der Waals surface area contributed by atoms with Crippen LogP contribution < -0.4 is 14.8 Å². The van der Waals surface area contributed by atoms with Crippen molar-refractivity contribution in [1.29, 1.82) is 0 Å². The maximum atomic E-state index is 12.3. The molecule has 0 radical (unpaired) electrons. The van der Waals surface area contributed by atoms with Gasteiger partial charge in [0.25, 0.3) is 5.91 Å². The number of thioether (sulfide) groups is 1. The predicted octanol–water partition coefficient (Wildman–Crippen LogP) is 4.01. The third-order valence-electron chi connectivity index (χ3n) is 3.95. The molecule has 0 atom stereocenters. The Kier molecular flexibility index (Phi) is 6.46. The zero-order valence-corrected chi connectivity index (χ0v) is 17.1. The molecule has 2 aromatic carbocycles. The summed E-state index contributed by atoms with van der Waals surface area (Å²) in [5.41, 5.74) is 2.21. The highest BCUT2D eigenvalue weighted by Gasteiger charge is 2.24. The molecule has 0 unspecified atom stereocenters. The number of aliphatic carboxylic acids is 1. The van der Waals surface area contributed by atoms with E-state index in [4.69, 9.17) is 26.2 Å². The molecule has 3 rings (SSSR count). The Bertz CT molecular complexity index is 1040. The van der Waals surface area contributed by atoms with Crippen molar-refractivity contribution in [2.45, 2.75) is 6.92 Å². The number of benzene rings is 2. The minimum absolute atomic E-state index is 0.265. The van der Waals surface area contributed by atoms with Gasteiger partial charge in [-0.3, -0.25) is 4.79 Å². The number of hydrogen-bond acceptors (Lipinski definition) is 6. The molecule has 0 saturated carbocycles. The number of carbonyl (C=O) groups is 2. The number of carboxylic acid groups (broad SMARTS) is 1. The topological polar surface area (TPSA) is 97.2 Å². The first kappa shape index (κ1) is 20.8. The van der Waals surface area contributed by atoms with Crippen LogP contribution in [0.3, 0.4) is 0 Å². The first-order valence-electron chi connectivity index (χ1n) is 8.44. The smallest absolute Gasteiger partial charge is 0.341 e. The molecule has 150 valence electrons. The minimum atomic E-state index is -1.08. The maximum Gasteiger partial charge on any atom is 0.341 e. The zero-order chi connectivity index (χ0) is 21.0. The largest absolute Gasteiger partial charge is 0.493 e. The van der Waals surface area contributed by atoms with Crippen LogP contribution in [0.4, 0.5) is 5.69 Å². The van der Waals surface area contributed by atoms with Crippen LogP contribution in [-0.4, -0.2) is 35.9 Å². The van der Waals surface area contributed by atoms with E-state index in [1.165, 1.54) is 18.9 Å². The number of methoxy groups -OCH3 is 1. The molecule has 0 aromatic heterocycles. The Morgan fingerprint density at radius 2 is 2.10 bits per heavy atom. The van der Waals surface area contributed by atoms with Gasteiger partial charge in [0, 0.05) is 5.02 Å². The van der Waals surface area contributed by atoms with E-state index in [0.29, 0.717) is 37.8 Å². The van der Waals surface area contributed by atoms with Crippen molar-refractivity contribution in [3.8, 4) is 11.5 Å². The quantitative estimate of drug-likeness (QED) is 0.669. The van der Waals surface area contributed by atoms with Crippen LogP contribution in [0, 0.1) is 6.92 Å². The van der Waals surface area contributed by atoms with Crippen LogP contribution in [-0.2, 0) is 9.59 Å². The second kappa shape index (κ2) is 9.02. The molecule has 7 nitrogen and oxygen atoms in total. The number of ether oxygens (including phenoxy) is 2. The lowest BCUT2D eigenvalue weighted by atomic mass is 10.2. The molecule has 1 aliphatic rings. The van der Waals surface area contributed by atoms with E-state index in [9.17, 15) is 9.59 Å². The SMILES string of the molecule is COc1cc(C=C2SC(=Nc3cccc(Cl)c3C)NC2=O)ccc1OCC(=O)O. The Balaban J connectivity index is 1.82. The van der Waals surface area contributed by atoms with E-state index in [-0.39, 0.29) is 5.91 Å². The van der Waals surface area contributed by atoms with Crippen molar-refractivity contribution < 1.29 is 24.2 Å². The summed E-state index contributed by atoms with van der Waals surface area (Å²) in [5.74, 6) is -0.677. The van der Waals surface area contributed by atoms with Gasteiger partial charge in [0.05, 0.1) is 17.7 Å². The first-order chi connectivity index (χ1) is 13.9. The average molecular weight is 433 g/mol. The number of carboxylic acids is 1. The molecule has 0 aliphatic carbocycles. The number of halogens is 1. The van der Waals surface area contributed by atoms with E-state index in [0.717, 1.165) is 5.56 Å². The summed E-state index contributed by atoms with van der Waals surface area (Å²) < 4.78 is 10.4. The second-order valence-electron chi connectivity index (χ2n) is 5.96. The van der Waals surface area contributed by atoms with Crippen LogP contribution in [0.15, 0.2) is 46.3 Å². The Morgan fingerprint density at radius 3 is 2.83 bits per heavy atom. The van der Waals surface area contributed by atoms with Crippen LogP contribution >= 0.6 is 23.4 Å². The van der Waals surface area contributed by atoms with Crippen molar-refractivity contribution >= 4 is 52.2 Å². The van der Waals surface area contributed by atoms with Gasteiger partial charge in [-0.15, -0.1) is 0 Å². The van der Waals surface area contributed by atoms with Gasteiger partial charge in [0.2, 0.25) is 0 Å². The van der Waals surface area contributed by atoms with Crippen LogP contribution in [0.25, 0.3) is 6.08 Å². The van der Waals surface area contributed by atoms with E-state index in [1.54, 1.807) is 36.4 Å². The van der Waals surface area contributed by atoms with Gasteiger partial charge in [-0.25, -0.2) is 9.79 Å². The second-order valence-corrected chi connectivity index (χ2v) is 7.40. The number of hydrogen-bond donors (Lipinski definition) is 2. The molecule has 0 bridgehead atoms. The molecule has 1 saturated heterocycles. The summed E-state index contributed by atoms with van der Waals surface area (Å²) in [4.78, 5) is 27.9. The predicted molar refractivity (Wildman–Crippen MR) is 113 cm³/mol. The molecule has 2 aromatic rings. The summed E-state index contributed by atoms with van der Waals surface area (Å²) in [6, 6.07) is 10.4. The first-order valence-corrected chi connectivity index (χ1v) is 9.64. The van der Waals surface area contributed by atoms with Gasteiger partial charge >= 0.3 is 5.97 Å². The van der Waals surface area contributed by atoms with E-state index >= 15 is 0 Å². The Hall–Kier alpha value is -2.97. The van der Waals surface area contributed by atoms with E-state index < -0.39 is 12.6 Å². The summed E-state index contributed by atoms with van der Waals surface area (Å²) in [6.07, 6.45) is 1.69. The van der Waals surface area contributed by atoms with Crippen molar-refractivity contribution in [3.63, 3.8) is 0 Å². The highest BCUT2D eigenvalue weighted by Crippen LogP contribution is 2.33. The Morgan fingerprint density at radius 1 is 1.31 bits per heavy atom. The monoisotopic (exact) mass is 432 g/mol. The zero-order valence-electron chi connectivity index (χ0n) is 15.6. The van der Waals surface area contributed by atoms with Gasteiger partial charge in [0.1, 0.15) is 0 Å². The van der Waals surface area contributed by atoms with Crippen LogP contribution in [0.5, 0.6) is 11.5 Å². The van der Waals surface area contributed by atoms with Crippen molar-refractivity contribution in [3.05, 3.63) is 57.5 Å². The molecular formula is C20H17ClN2O5S. The number of amidine groups is 1. The molecule has 1 amide bonds. The molecule has 29 heavy (non-hydrogen) atoms. The van der Waals surface area contributed by atoms with Crippen molar-refractivity contribution in [2.24, 2.45) is 4.99 Å². The molecular weight excluding hydrogens is 416 g/mol. The average Bonchev–Trinajstić information content (AvgIpc) is 3.03. The summed E-state index contributed by atoms with van der Waals surface area (Å²) >= 11 is 7.33.